The standard InChI is InChI=1S/C29H37F6N3O3/c1-6-18-13-25(29(33,34)35)38-10-9-37(16-21(38)8-7-17(18)2)26(39)14-20(36-27(40)41-28(3,4)5)11-19-12-23(31)24(32)15-22(19)30/h8,12-13,15,17-18,20H,6-7,9-11,14,16H2,1-5H3,(H,36,40). The molecule has 3 rings (SSSR count). The molecule has 0 radical (unpaired) electrons. The number of allylic oxidation sites excluding steroid dienone is 3. The van der Waals surface area contributed by atoms with Crippen LogP contribution in [0.25, 0.3) is 0 Å². The minimum Gasteiger partial charge on any atom is -0.444 e. The van der Waals surface area contributed by atoms with E-state index in [9.17, 15) is 35.9 Å². The minimum absolute atomic E-state index is 0.0192. The van der Waals surface area contributed by atoms with Gasteiger partial charge in [0.25, 0.3) is 0 Å². The molecule has 2 aliphatic rings. The van der Waals surface area contributed by atoms with E-state index in [4.69, 9.17) is 4.74 Å². The fourth-order valence-corrected chi connectivity index (χ4v) is 5.08. The van der Waals surface area contributed by atoms with Gasteiger partial charge in [0.15, 0.2) is 11.6 Å². The van der Waals surface area contributed by atoms with Crippen LogP contribution < -0.4 is 5.32 Å². The Hall–Kier alpha value is -3.18. The van der Waals surface area contributed by atoms with Crippen LogP contribution >= 0.6 is 0 Å². The lowest BCUT2D eigenvalue weighted by atomic mass is 9.86. The number of rotatable bonds is 6. The molecule has 0 bridgehead atoms. The topological polar surface area (TPSA) is 61.9 Å². The van der Waals surface area contributed by atoms with E-state index in [1.165, 1.54) is 15.9 Å². The van der Waals surface area contributed by atoms with Crippen molar-refractivity contribution in [1.82, 2.24) is 15.1 Å². The van der Waals surface area contributed by atoms with Crippen molar-refractivity contribution in [1.29, 1.82) is 0 Å². The van der Waals surface area contributed by atoms with E-state index in [0.717, 1.165) is 0 Å². The lowest BCUT2D eigenvalue weighted by Crippen LogP contribution is -2.51. The summed E-state index contributed by atoms with van der Waals surface area (Å²) in [5.74, 6) is -4.51. The van der Waals surface area contributed by atoms with Crippen LogP contribution in [-0.2, 0) is 16.0 Å². The molecular formula is C29H37F6N3O3. The first-order valence-electron chi connectivity index (χ1n) is 13.6. The highest BCUT2D eigenvalue weighted by Gasteiger charge is 2.42. The number of amides is 2. The Balaban J connectivity index is 1.82. The maximum absolute atomic E-state index is 14.4. The van der Waals surface area contributed by atoms with E-state index in [-0.39, 0.29) is 49.9 Å². The normalized spacial score (nSPS) is 20.8. The number of benzene rings is 1. The summed E-state index contributed by atoms with van der Waals surface area (Å²) in [5, 5.41) is 2.50. The van der Waals surface area contributed by atoms with Crippen LogP contribution in [-0.4, -0.2) is 59.3 Å². The van der Waals surface area contributed by atoms with Gasteiger partial charge in [-0.2, -0.15) is 13.2 Å². The molecule has 0 saturated carbocycles. The number of ether oxygens (including phenoxy) is 1. The summed E-state index contributed by atoms with van der Waals surface area (Å²) in [6.45, 7) is 8.41. The Labute approximate surface area is 236 Å². The van der Waals surface area contributed by atoms with Crippen molar-refractivity contribution in [3.05, 3.63) is 58.7 Å². The molecule has 41 heavy (non-hydrogen) atoms. The van der Waals surface area contributed by atoms with Crippen LogP contribution in [0.15, 0.2) is 35.7 Å². The summed E-state index contributed by atoms with van der Waals surface area (Å²) in [6, 6.07) is -0.0306. The average Bonchev–Trinajstić information content (AvgIpc) is 2.83. The number of carbonyl (C=O) groups is 2. The molecular weight excluding hydrogens is 552 g/mol. The highest BCUT2D eigenvalue weighted by molar-refractivity contribution is 5.78. The number of nitrogens with one attached hydrogen (secondary N) is 1. The van der Waals surface area contributed by atoms with Crippen molar-refractivity contribution < 1.29 is 40.7 Å². The average molecular weight is 590 g/mol. The molecule has 6 nitrogen and oxygen atoms in total. The summed E-state index contributed by atoms with van der Waals surface area (Å²) in [6.07, 6.45) is -2.09. The van der Waals surface area contributed by atoms with Gasteiger partial charge in [-0.25, -0.2) is 18.0 Å². The maximum atomic E-state index is 14.4. The third-order valence-corrected chi connectivity index (χ3v) is 7.22. The second-order valence-corrected chi connectivity index (χ2v) is 11.6. The Morgan fingerprint density at radius 2 is 1.73 bits per heavy atom. The maximum Gasteiger partial charge on any atom is 0.431 e. The number of alkyl carbamates (subject to hydrolysis) is 1. The van der Waals surface area contributed by atoms with E-state index in [2.05, 4.69) is 5.32 Å². The summed E-state index contributed by atoms with van der Waals surface area (Å²) in [7, 11) is 0. The van der Waals surface area contributed by atoms with Gasteiger partial charge in [-0.1, -0.05) is 26.0 Å². The van der Waals surface area contributed by atoms with Crippen LogP contribution in [0.2, 0.25) is 0 Å². The van der Waals surface area contributed by atoms with Crippen molar-refractivity contribution in [2.24, 2.45) is 11.8 Å². The van der Waals surface area contributed by atoms with Crippen LogP contribution in [0.3, 0.4) is 0 Å². The van der Waals surface area contributed by atoms with Gasteiger partial charge in [0.1, 0.15) is 17.1 Å². The number of fused-ring (bicyclic) bond motifs is 1. The van der Waals surface area contributed by atoms with Gasteiger partial charge in [0, 0.05) is 37.3 Å². The van der Waals surface area contributed by atoms with Crippen molar-refractivity contribution in [3.8, 4) is 0 Å². The number of alkyl halides is 3. The Bertz CT molecular complexity index is 1190. The zero-order valence-electron chi connectivity index (χ0n) is 23.9. The lowest BCUT2D eigenvalue weighted by Gasteiger charge is -2.42. The van der Waals surface area contributed by atoms with E-state index >= 15 is 0 Å². The largest absolute Gasteiger partial charge is 0.444 e. The quantitative estimate of drug-likeness (QED) is 0.305. The molecule has 0 spiro atoms. The molecule has 1 saturated heterocycles. The van der Waals surface area contributed by atoms with Gasteiger partial charge < -0.3 is 19.9 Å². The highest BCUT2D eigenvalue weighted by Crippen LogP contribution is 2.38. The van der Waals surface area contributed by atoms with Gasteiger partial charge >= 0.3 is 12.3 Å². The molecule has 2 aliphatic heterocycles. The summed E-state index contributed by atoms with van der Waals surface area (Å²) in [4.78, 5) is 28.4. The SMILES string of the molecule is CCC1C=C(C(F)(F)F)N2CCN(C(=O)CC(Cc3cc(F)c(F)cc3F)NC(=O)OC(C)(C)C)CC2=CCC1C. The van der Waals surface area contributed by atoms with E-state index in [1.54, 1.807) is 26.8 Å². The molecule has 2 amide bonds. The molecule has 1 aromatic rings. The van der Waals surface area contributed by atoms with Crippen LogP contribution in [0.1, 0.15) is 59.4 Å². The first-order valence-corrected chi connectivity index (χ1v) is 13.6. The summed E-state index contributed by atoms with van der Waals surface area (Å²) in [5.41, 5.74) is -1.54. The Morgan fingerprint density at radius 3 is 2.34 bits per heavy atom. The highest BCUT2D eigenvalue weighted by atomic mass is 19.4. The number of nitrogens with zero attached hydrogens (tertiary/aromatic N) is 2. The first-order chi connectivity index (χ1) is 19.0. The zero-order valence-corrected chi connectivity index (χ0v) is 23.9. The molecule has 0 aromatic heterocycles. The van der Waals surface area contributed by atoms with Gasteiger partial charge in [-0.05, 0) is 63.5 Å². The number of halogens is 6. The molecule has 1 aromatic carbocycles. The third-order valence-electron chi connectivity index (χ3n) is 7.22. The van der Waals surface area contributed by atoms with Crippen molar-refractivity contribution >= 4 is 12.0 Å². The summed E-state index contributed by atoms with van der Waals surface area (Å²) >= 11 is 0. The smallest absolute Gasteiger partial charge is 0.431 e. The monoisotopic (exact) mass is 589 g/mol. The molecule has 3 atom stereocenters. The molecule has 1 N–H and O–H groups in total. The molecule has 12 heteroatoms. The predicted octanol–water partition coefficient (Wildman–Crippen LogP) is 6.47. The second kappa shape index (κ2) is 12.8. The zero-order chi connectivity index (χ0) is 30.7. The number of hydrogen-bond acceptors (Lipinski definition) is 4. The molecule has 2 heterocycles. The van der Waals surface area contributed by atoms with Gasteiger partial charge in [-0.3, -0.25) is 4.79 Å². The van der Waals surface area contributed by atoms with Crippen LogP contribution in [0, 0.1) is 29.3 Å². The van der Waals surface area contributed by atoms with Crippen LogP contribution in [0.5, 0.6) is 0 Å². The van der Waals surface area contributed by atoms with Gasteiger partial charge in [0.2, 0.25) is 5.91 Å². The number of hydrogen-bond donors (Lipinski definition) is 1. The van der Waals surface area contributed by atoms with E-state index in [0.29, 0.717) is 30.7 Å². The van der Waals surface area contributed by atoms with Crippen molar-refractivity contribution in [2.75, 3.05) is 19.6 Å². The van der Waals surface area contributed by atoms with Crippen molar-refractivity contribution in [2.45, 2.75) is 78.1 Å². The molecule has 228 valence electrons. The Kier molecular flexibility index (Phi) is 10.1. The minimum atomic E-state index is -4.58. The Morgan fingerprint density at radius 1 is 1.07 bits per heavy atom. The van der Waals surface area contributed by atoms with Gasteiger partial charge in [-0.15, -0.1) is 0 Å². The predicted molar refractivity (Wildman–Crippen MR) is 141 cm³/mol. The fraction of sp³-hybridized carbons (Fsp3) is 0.586. The van der Waals surface area contributed by atoms with Crippen LogP contribution in [0.4, 0.5) is 31.1 Å². The summed E-state index contributed by atoms with van der Waals surface area (Å²) < 4.78 is 89.2. The molecule has 1 fully saturated rings. The van der Waals surface area contributed by atoms with E-state index < -0.39 is 53.0 Å². The van der Waals surface area contributed by atoms with Crippen molar-refractivity contribution in [3.63, 3.8) is 0 Å². The molecule has 3 unspecified atom stereocenters. The second-order valence-electron chi connectivity index (χ2n) is 11.6. The molecule has 0 aliphatic carbocycles. The third kappa shape index (κ3) is 8.65. The van der Waals surface area contributed by atoms with E-state index in [1.807, 2.05) is 13.8 Å². The number of piperazine rings is 1. The first kappa shape index (κ1) is 32.3. The lowest BCUT2D eigenvalue weighted by molar-refractivity contribution is -0.133. The fourth-order valence-electron chi connectivity index (χ4n) is 5.08. The van der Waals surface area contributed by atoms with Gasteiger partial charge in [0.05, 0.1) is 6.54 Å². The number of carbonyl (C=O) groups excluding carboxylic acids is 2.